The fourth-order valence-corrected chi connectivity index (χ4v) is 0.897. The molecule has 1 unspecified atom stereocenters. The summed E-state index contributed by atoms with van der Waals surface area (Å²) in [6.45, 7) is 1.68. The zero-order valence-electron chi connectivity index (χ0n) is 7.04. The number of carboxylic acids is 1. The summed E-state index contributed by atoms with van der Waals surface area (Å²) in [7, 11) is 0. The number of H-pyrrole nitrogens is 1. The Labute approximate surface area is 73.8 Å². The Balaban J connectivity index is 2.74. The van der Waals surface area contributed by atoms with Crippen LogP contribution >= 0.6 is 0 Å². The number of nitrogens with zero attached hydrogens (tertiary/aromatic N) is 1. The van der Waals surface area contributed by atoms with Crippen molar-refractivity contribution in [1.82, 2.24) is 9.97 Å². The lowest BCUT2D eigenvalue weighted by atomic mass is 10.1. The number of nitrogens with two attached hydrogens (primary N) is 1. The van der Waals surface area contributed by atoms with Crippen molar-refractivity contribution >= 4 is 5.97 Å². The first-order valence-corrected chi connectivity index (χ1v) is 3.64. The normalized spacial score (nSPS) is 15.3. The fraction of sp³-hybridized carbons (Fsp3) is 0.429. The molecule has 1 aromatic heterocycles. The third-order valence-corrected chi connectivity index (χ3v) is 1.55. The number of carbonyl (C=O) groups is 1. The number of halogens is 1. The quantitative estimate of drug-likeness (QED) is 0.579. The average molecular weight is 187 g/mol. The number of nitrogens with one attached hydrogen (secondary N) is 1. The van der Waals surface area contributed by atoms with Gasteiger partial charge in [-0.15, -0.1) is 0 Å². The predicted molar refractivity (Wildman–Crippen MR) is 42.7 cm³/mol. The molecular formula is C7H10FN3O2. The van der Waals surface area contributed by atoms with E-state index in [4.69, 9.17) is 10.8 Å². The third-order valence-electron chi connectivity index (χ3n) is 1.55. The van der Waals surface area contributed by atoms with Gasteiger partial charge in [-0.2, -0.15) is 0 Å². The van der Waals surface area contributed by atoms with Crippen molar-refractivity contribution < 1.29 is 14.3 Å². The van der Waals surface area contributed by atoms with E-state index < -0.39 is 18.2 Å². The smallest absolute Gasteiger partial charge is 0.357 e. The molecule has 4 N–H and O–H groups in total. The van der Waals surface area contributed by atoms with Gasteiger partial charge in [-0.3, -0.25) is 5.73 Å². The summed E-state index contributed by atoms with van der Waals surface area (Å²) in [5.74, 6) is -3.84. The zero-order chi connectivity index (χ0) is 10.1. The van der Waals surface area contributed by atoms with E-state index in [0.717, 1.165) is 0 Å². The number of carboxylic acid groups (broad SMARTS) is 1. The van der Waals surface area contributed by atoms with Gasteiger partial charge < -0.3 is 10.1 Å². The molecule has 1 rings (SSSR count). The SMILES string of the molecule is Cc1nc(CC(N)(F)C(=O)O)c[nH]1. The van der Waals surface area contributed by atoms with Crippen molar-refractivity contribution in [3.05, 3.63) is 17.7 Å². The highest BCUT2D eigenvalue weighted by Gasteiger charge is 2.34. The minimum Gasteiger partial charge on any atom is -0.478 e. The number of alkyl halides is 1. The van der Waals surface area contributed by atoms with Gasteiger partial charge >= 0.3 is 5.97 Å². The highest BCUT2D eigenvalue weighted by molar-refractivity contribution is 5.76. The van der Waals surface area contributed by atoms with E-state index in [2.05, 4.69) is 9.97 Å². The monoisotopic (exact) mass is 187 g/mol. The van der Waals surface area contributed by atoms with Crippen LogP contribution in [0.5, 0.6) is 0 Å². The van der Waals surface area contributed by atoms with Gasteiger partial charge in [0.15, 0.2) is 0 Å². The van der Waals surface area contributed by atoms with Crippen LogP contribution in [0.25, 0.3) is 0 Å². The Kier molecular flexibility index (Phi) is 2.33. The number of aryl methyl sites for hydroxylation is 1. The molecule has 1 atom stereocenters. The molecule has 0 aliphatic rings. The maximum Gasteiger partial charge on any atom is 0.357 e. The van der Waals surface area contributed by atoms with E-state index in [1.807, 2.05) is 0 Å². The first-order chi connectivity index (χ1) is 5.92. The Morgan fingerprint density at radius 1 is 1.92 bits per heavy atom. The molecule has 0 amide bonds. The molecule has 5 nitrogen and oxygen atoms in total. The summed E-state index contributed by atoms with van der Waals surface area (Å²) < 4.78 is 13.0. The third kappa shape index (κ3) is 2.25. The highest BCUT2D eigenvalue weighted by Crippen LogP contribution is 2.10. The Morgan fingerprint density at radius 2 is 2.54 bits per heavy atom. The van der Waals surface area contributed by atoms with E-state index >= 15 is 0 Å². The van der Waals surface area contributed by atoms with Crippen LogP contribution in [0.15, 0.2) is 6.20 Å². The standard InChI is InChI=1S/C7H10FN3O2/c1-4-10-3-5(11-4)2-7(8,9)6(12)13/h3H,2,9H2,1H3,(H,10,11)(H,12,13). The molecule has 13 heavy (non-hydrogen) atoms. The molecule has 0 saturated heterocycles. The van der Waals surface area contributed by atoms with Crippen molar-refractivity contribution in [1.29, 1.82) is 0 Å². The van der Waals surface area contributed by atoms with E-state index in [9.17, 15) is 9.18 Å². The summed E-state index contributed by atoms with van der Waals surface area (Å²) in [4.78, 5) is 16.8. The van der Waals surface area contributed by atoms with E-state index in [1.54, 1.807) is 6.92 Å². The molecule has 0 aliphatic carbocycles. The highest BCUT2D eigenvalue weighted by atomic mass is 19.1. The van der Waals surface area contributed by atoms with Crippen LogP contribution in [0.2, 0.25) is 0 Å². The second-order valence-corrected chi connectivity index (χ2v) is 2.82. The molecule has 0 aliphatic heterocycles. The van der Waals surface area contributed by atoms with Gasteiger partial charge in [-0.05, 0) is 6.92 Å². The summed E-state index contributed by atoms with van der Waals surface area (Å²) >= 11 is 0. The molecular weight excluding hydrogens is 177 g/mol. The van der Waals surface area contributed by atoms with Gasteiger partial charge in [0.1, 0.15) is 5.82 Å². The molecule has 6 heteroatoms. The molecule has 1 heterocycles. The Morgan fingerprint density at radius 3 is 2.92 bits per heavy atom. The van der Waals surface area contributed by atoms with Crippen LogP contribution in [0.4, 0.5) is 4.39 Å². The second-order valence-electron chi connectivity index (χ2n) is 2.82. The number of aromatic amines is 1. The van der Waals surface area contributed by atoms with Crippen molar-refractivity contribution in [2.24, 2.45) is 5.73 Å². The average Bonchev–Trinajstić information content (AvgIpc) is 2.34. The maximum absolute atomic E-state index is 13.0. The van der Waals surface area contributed by atoms with Crippen LogP contribution in [-0.2, 0) is 11.2 Å². The molecule has 72 valence electrons. The van der Waals surface area contributed by atoms with Crippen LogP contribution in [0.1, 0.15) is 11.5 Å². The van der Waals surface area contributed by atoms with Gasteiger partial charge in [-0.1, -0.05) is 0 Å². The molecule has 0 spiro atoms. The summed E-state index contributed by atoms with van der Waals surface area (Å²) in [6.07, 6.45) is 0.992. The number of aliphatic carboxylic acids is 1. The van der Waals surface area contributed by atoms with E-state index in [0.29, 0.717) is 11.5 Å². The number of aromatic nitrogens is 2. The molecule has 0 saturated carbocycles. The summed E-state index contributed by atoms with van der Waals surface area (Å²) in [5.41, 5.74) is 5.18. The minimum absolute atomic E-state index is 0.296. The topological polar surface area (TPSA) is 92.0 Å². The maximum atomic E-state index is 13.0. The van der Waals surface area contributed by atoms with Gasteiger partial charge in [0.2, 0.25) is 0 Å². The Bertz CT molecular complexity index is 321. The van der Waals surface area contributed by atoms with Gasteiger partial charge in [0, 0.05) is 6.20 Å². The second kappa shape index (κ2) is 3.14. The van der Waals surface area contributed by atoms with Crippen molar-refractivity contribution in [2.45, 2.75) is 19.1 Å². The lowest BCUT2D eigenvalue weighted by molar-refractivity contribution is -0.150. The van der Waals surface area contributed by atoms with Gasteiger partial charge in [0.05, 0.1) is 12.1 Å². The zero-order valence-corrected chi connectivity index (χ0v) is 7.04. The summed E-state index contributed by atoms with van der Waals surface area (Å²) in [6, 6.07) is 0. The van der Waals surface area contributed by atoms with Crippen LogP contribution < -0.4 is 5.73 Å². The Hall–Kier alpha value is -1.43. The summed E-state index contributed by atoms with van der Waals surface area (Å²) in [5, 5.41) is 8.37. The minimum atomic E-state index is -2.75. The van der Waals surface area contributed by atoms with Crippen molar-refractivity contribution in [3.8, 4) is 0 Å². The van der Waals surface area contributed by atoms with Crippen LogP contribution in [-0.4, -0.2) is 26.8 Å². The predicted octanol–water partition coefficient (Wildman–Crippen LogP) is -0.0303. The van der Waals surface area contributed by atoms with E-state index in [1.165, 1.54) is 6.20 Å². The van der Waals surface area contributed by atoms with Crippen molar-refractivity contribution in [2.75, 3.05) is 0 Å². The largest absolute Gasteiger partial charge is 0.478 e. The number of hydrogen-bond acceptors (Lipinski definition) is 3. The van der Waals surface area contributed by atoms with Crippen LogP contribution in [0, 0.1) is 6.92 Å². The first kappa shape index (κ1) is 9.66. The molecule has 0 fully saturated rings. The molecule has 0 aromatic carbocycles. The first-order valence-electron chi connectivity index (χ1n) is 3.64. The fourth-order valence-electron chi connectivity index (χ4n) is 0.897. The van der Waals surface area contributed by atoms with Crippen LogP contribution in [0.3, 0.4) is 0 Å². The lowest BCUT2D eigenvalue weighted by Crippen LogP contribution is -2.45. The number of rotatable bonds is 3. The van der Waals surface area contributed by atoms with E-state index in [-0.39, 0.29) is 0 Å². The molecule has 0 radical (unpaired) electrons. The lowest BCUT2D eigenvalue weighted by Gasteiger charge is -2.12. The molecule has 1 aromatic rings. The molecule has 0 bridgehead atoms. The van der Waals surface area contributed by atoms with Gasteiger partial charge in [-0.25, -0.2) is 14.2 Å². The number of hydrogen-bond donors (Lipinski definition) is 3. The van der Waals surface area contributed by atoms with Crippen molar-refractivity contribution in [3.63, 3.8) is 0 Å². The number of imidazole rings is 1. The van der Waals surface area contributed by atoms with Gasteiger partial charge in [0.25, 0.3) is 5.79 Å².